The lowest BCUT2D eigenvalue weighted by atomic mass is 10.0. The summed E-state index contributed by atoms with van der Waals surface area (Å²) in [7, 11) is 0. The van der Waals surface area contributed by atoms with Gasteiger partial charge in [-0.15, -0.1) is 0 Å². The number of esters is 2. The van der Waals surface area contributed by atoms with Gasteiger partial charge in [0.2, 0.25) is 5.91 Å². The number of nitrogens with one attached hydrogen (secondary N) is 1. The summed E-state index contributed by atoms with van der Waals surface area (Å²) in [5.41, 5.74) is 0. The maximum Gasteiger partial charge on any atom is 0.328 e. The fourth-order valence-electron chi connectivity index (χ4n) is 5.38. The molecule has 254 valence electrons. The van der Waals surface area contributed by atoms with E-state index < -0.39 is 12.0 Å². The Kier molecular flexibility index (Phi) is 32.1. The van der Waals surface area contributed by atoms with Crippen molar-refractivity contribution in [3.63, 3.8) is 0 Å². The van der Waals surface area contributed by atoms with Crippen molar-refractivity contribution in [2.24, 2.45) is 0 Å². The zero-order valence-corrected chi connectivity index (χ0v) is 28.8. The van der Waals surface area contributed by atoms with E-state index in [1.165, 1.54) is 96.3 Å². The molecule has 0 bridgehead atoms. The molecule has 0 radical (unpaired) electrons. The largest absolute Gasteiger partial charge is 0.466 e. The lowest BCUT2D eigenvalue weighted by Gasteiger charge is -2.18. The van der Waals surface area contributed by atoms with E-state index in [0.29, 0.717) is 19.6 Å². The summed E-state index contributed by atoms with van der Waals surface area (Å²) in [6, 6.07) is -0.795. The molecule has 0 saturated carbocycles. The fraction of sp³-hybridized carbons (Fsp3) is 0.919. The summed E-state index contributed by atoms with van der Waals surface area (Å²) in [6.07, 6.45) is 30.7. The standard InChI is InChI=1S/C37H71NO5/c1-4-7-10-13-15-17-18-19-20-21-22-24-26-29-35(39)38-34(30-31-36(40)42-32-27-12-9-6-3)37(41)43-33-28-25-23-16-14-11-8-5-2/h34H,4-33H2,1-3H3,(H,38,39)/t34-/m0/s1. The van der Waals surface area contributed by atoms with E-state index in [0.717, 1.165) is 64.2 Å². The highest BCUT2D eigenvalue weighted by atomic mass is 16.5. The zero-order valence-electron chi connectivity index (χ0n) is 28.8. The number of carbonyl (C=O) groups is 3. The minimum Gasteiger partial charge on any atom is -0.466 e. The molecule has 1 N–H and O–H groups in total. The van der Waals surface area contributed by atoms with Gasteiger partial charge in [-0.2, -0.15) is 0 Å². The highest BCUT2D eigenvalue weighted by molar-refractivity contribution is 5.85. The number of ether oxygens (including phenoxy) is 2. The molecule has 0 heterocycles. The SMILES string of the molecule is CCCCCCCCCCCCCCCC(=O)N[C@@H](CCC(=O)OCCCCCC)C(=O)OCCCCCCCCCC. The normalized spacial score (nSPS) is 11.8. The number of rotatable bonds is 33. The van der Waals surface area contributed by atoms with Crippen molar-refractivity contribution in [2.45, 2.75) is 207 Å². The smallest absolute Gasteiger partial charge is 0.328 e. The Morgan fingerprint density at radius 3 is 1.30 bits per heavy atom. The van der Waals surface area contributed by atoms with Crippen LogP contribution in [0.1, 0.15) is 201 Å². The van der Waals surface area contributed by atoms with Gasteiger partial charge in [0.05, 0.1) is 13.2 Å². The second-order valence-electron chi connectivity index (χ2n) is 12.6. The number of amides is 1. The van der Waals surface area contributed by atoms with Gasteiger partial charge in [-0.3, -0.25) is 9.59 Å². The molecule has 0 aliphatic carbocycles. The van der Waals surface area contributed by atoms with Gasteiger partial charge in [0.1, 0.15) is 6.04 Å². The minimum atomic E-state index is -0.795. The number of carbonyl (C=O) groups excluding carboxylic acids is 3. The van der Waals surface area contributed by atoms with Crippen molar-refractivity contribution in [1.82, 2.24) is 5.32 Å². The Balaban J connectivity index is 4.27. The Hall–Kier alpha value is -1.59. The molecule has 6 nitrogen and oxygen atoms in total. The molecule has 1 amide bonds. The van der Waals surface area contributed by atoms with Crippen molar-refractivity contribution in [3.05, 3.63) is 0 Å². The second kappa shape index (κ2) is 33.3. The van der Waals surface area contributed by atoms with Gasteiger partial charge in [0.25, 0.3) is 0 Å². The molecule has 0 aliphatic rings. The van der Waals surface area contributed by atoms with E-state index in [9.17, 15) is 14.4 Å². The van der Waals surface area contributed by atoms with Gasteiger partial charge in [-0.25, -0.2) is 4.79 Å². The van der Waals surface area contributed by atoms with Crippen LogP contribution in [0.15, 0.2) is 0 Å². The first-order valence-electron chi connectivity index (χ1n) is 18.7. The van der Waals surface area contributed by atoms with E-state index >= 15 is 0 Å². The van der Waals surface area contributed by atoms with Crippen molar-refractivity contribution in [2.75, 3.05) is 13.2 Å². The molecule has 0 aromatic carbocycles. The maximum atomic E-state index is 12.8. The first kappa shape index (κ1) is 41.4. The summed E-state index contributed by atoms with van der Waals surface area (Å²) in [4.78, 5) is 37.7. The molecule has 0 saturated heterocycles. The van der Waals surface area contributed by atoms with Crippen LogP contribution in [-0.2, 0) is 23.9 Å². The van der Waals surface area contributed by atoms with E-state index in [-0.39, 0.29) is 24.7 Å². The second-order valence-corrected chi connectivity index (χ2v) is 12.6. The van der Waals surface area contributed by atoms with Crippen molar-refractivity contribution < 1.29 is 23.9 Å². The molecule has 0 aromatic heterocycles. The predicted molar refractivity (Wildman–Crippen MR) is 180 cm³/mol. The van der Waals surface area contributed by atoms with Crippen LogP contribution in [0.5, 0.6) is 0 Å². The van der Waals surface area contributed by atoms with Gasteiger partial charge >= 0.3 is 11.9 Å². The van der Waals surface area contributed by atoms with Crippen LogP contribution in [0.2, 0.25) is 0 Å². The molecular weight excluding hydrogens is 538 g/mol. The van der Waals surface area contributed by atoms with Gasteiger partial charge < -0.3 is 14.8 Å². The molecule has 0 fully saturated rings. The van der Waals surface area contributed by atoms with Crippen LogP contribution < -0.4 is 5.32 Å². The summed E-state index contributed by atoms with van der Waals surface area (Å²) < 4.78 is 10.9. The number of unbranched alkanes of at least 4 members (excludes halogenated alkanes) is 22. The van der Waals surface area contributed by atoms with Gasteiger partial charge in [-0.05, 0) is 25.7 Å². The summed E-state index contributed by atoms with van der Waals surface area (Å²) >= 11 is 0. The average molecular weight is 610 g/mol. The molecule has 6 heteroatoms. The number of hydrogen-bond donors (Lipinski definition) is 1. The Morgan fingerprint density at radius 1 is 0.465 bits per heavy atom. The van der Waals surface area contributed by atoms with Crippen molar-refractivity contribution in [3.8, 4) is 0 Å². The van der Waals surface area contributed by atoms with Crippen LogP contribution in [0.4, 0.5) is 0 Å². The average Bonchev–Trinajstić information content (AvgIpc) is 3.00. The Morgan fingerprint density at radius 2 is 0.837 bits per heavy atom. The maximum absolute atomic E-state index is 12.8. The van der Waals surface area contributed by atoms with E-state index in [1.54, 1.807) is 0 Å². The van der Waals surface area contributed by atoms with Crippen LogP contribution in [0, 0.1) is 0 Å². The predicted octanol–water partition coefficient (Wildman–Crippen LogP) is 10.5. The van der Waals surface area contributed by atoms with Crippen LogP contribution in [0.3, 0.4) is 0 Å². The monoisotopic (exact) mass is 610 g/mol. The molecule has 43 heavy (non-hydrogen) atoms. The van der Waals surface area contributed by atoms with Gasteiger partial charge in [-0.1, -0.05) is 162 Å². The Labute approximate surface area is 266 Å². The minimum absolute atomic E-state index is 0.102. The van der Waals surface area contributed by atoms with Gasteiger partial charge in [0, 0.05) is 12.8 Å². The topological polar surface area (TPSA) is 81.7 Å². The molecule has 0 rings (SSSR count). The molecule has 0 aromatic rings. The van der Waals surface area contributed by atoms with Crippen LogP contribution in [0.25, 0.3) is 0 Å². The summed E-state index contributed by atoms with van der Waals surface area (Å²) in [5, 5.41) is 2.86. The third-order valence-corrected chi connectivity index (χ3v) is 8.27. The van der Waals surface area contributed by atoms with Crippen molar-refractivity contribution in [1.29, 1.82) is 0 Å². The van der Waals surface area contributed by atoms with E-state index in [2.05, 4.69) is 26.1 Å². The van der Waals surface area contributed by atoms with Gasteiger partial charge in [0.15, 0.2) is 0 Å². The molecular formula is C37H71NO5. The first-order chi connectivity index (χ1) is 21.0. The third kappa shape index (κ3) is 30.2. The highest BCUT2D eigenvalue weighted by Gasteiger charge is 2.23. The molecule has 0 unspecified atom stereocenters. The van der Waals surface area contributed by atoms with Crippen molar-refractivity contribution >= 4 is 17.8 Å². The first-order valence-corrected chi connectivity index (χ1v) is 18.7. The fourth-order valence-corrected chi connectivity index (χ4v) is 5.38. The van der Waals surface area contributed by atoms with Crippen LogP contribution in [-0.4, -0.2) is 37.1 Å². The lowest BCUT2D eigenvalue weighted by molar-refractivity contribution is -0.149. The molecule has 0 aliphatic heterocycles. The van der Waals surface area contributed by atoms with E-state index in [1.807, 2.05) is 0 Å². The zero-order chi connectivity index (χ0) is 31.6. The summed E-state index contributed by atoms with van der Waals surface area (Å²) in [6.45, 7) is 7.41. The third-order valence-electron chi connectivity index (χ3n) is 8.27. The Bertz CT molecular complexity index is 638. The van der Waals surface area contributed by atoms with Crippen LogP contribution >= 0.6 is 0 Å². The lowest BCUT2D eigenvalue weighted by Crippen LogP contribution is -2.42. The molecule has 0 spiro atoms. The van der Waals surface area contributed by atoms with E-state index in [4.69, 9.17) is 9.47 Å². The highest BCUT2D eigenvalue weighted by Crippen LogP contribution is 2.14. The number of hydrogen-bond acceptors (Lipinski definition) is 5. The summed E-state index contributed by atoms with van der Waals surface area (Å²) in [5.74, 6) is -0.884. The molecule has 1 atom stereocenters. The quantitative estimate of drug-likeness (QED) is 0.0591.